The van der Waals surface area contributed by atoms with Crippen LogP contribution in [0.2, 0.25) is 0 Å². The third-order valence-electron chi connectivity index (χ3n) is 2.14. The molecule has 1 aromatic rings. The van der Waals surface area contributed by atoms with E-state index in [9.17, 15) is 8.42 Å². The quantitative estimate of drug-likeness (QED) is 0.721. The molecule has 0 bridgehead atoms. The van der Waals surface area contributed by atoms with Gasteiger partial charge in [0.25, 0.3) is 0 Å². The molecule has 0 radical (unpaired) electrons. The number of hydrogen-bond donors (Lipinski definition) is 2. The summed E-state index contributed by atoms with van der Waals surface area (Å²) in [5.74, 6) is 0.652. The molecule has 18 heavy (non-hydrogen) atoms. The highest BCUT2D eigenvalue weighted by Gasteiger charge is 2.12. The van der Waals surface area contributed by atoms with E-state index in [-0.39, 0.29) is 11.4 Å². The minimum Gasteiger partial charge on any atom is -0.494 e. The first-order valence-electron chi connectivity index (χ1n) is 5.67. The SMILES string of the molecule is CCOc1ccc(S(=O)(=O)NC/C=C/CN)cc1. The standard InChI is InChI=1S/C12H18N2O3S/c1-2-17-11-5-7-12(8-6-11)18(15,16)14-10-4-3-9-13/h3-8,14H,2,9-10,13H2,1H3/b4-3+. The first kappa shape index (κ1) is 14.7. The summed E-state index contributed by atoms with van der Waals surface area (Å²) in [6.07, 6.45) is 3.37. The van der Waals surface area contributed by atoms with Gasteiger partial charge >= 0.3 is 0 Å². The second-order valence-electron chi connectivity index (χ2n) is 3.46. The lowest BCUT2D eigenvalue weighted by Crippen LogP contribution is -2.23. The highest BCUT2D eigenvalue weighted by Crippen LogP contribution is 2.15. The number of rotatable bonds is 7. The Morgan fingerprint density at radius 3 is 2.50 bits per heavy atom. The van der Waals surface area contributed by atoms with Gasteiger partial charge in [-0.15, -0.1) is 0 Å². The van der Waals surface area contributed by atoms with E-state index in [1.807, 2.05) is 6.92 Å². The van der Waals surface area contributed by atoms with Crippen molar-refractivity contribution in [2.45, 2.75) is 11.8 Å². The molecule has 0 amide bonds. The molecule has 0 fully saturated rings. The predicted octanol–water partition coefficient (Wildman–Crippen LogP) is 0.878. The van der Waals surface area contributed by atoms with Crippen LogP contribution >= 0.6 is 0 Å². The minimum absolute atomic E-state index is 0.215. The average Bonchev–Trinajstić information content (AvgIpc) is 2.36. The van der Waals surface area contributed by atoms with Crippen molar-refractivity contribution >= 4 is 10.0 Å². The van der Waals surface area contributed by atoms with Crippen LogP contribution in [0.4, 0.5) is 0 Å². The topological polar surface area (TPSA) is 81.4 Å². The molecule has 0 heterocycles. The number of nitrogens with two attached hydrogens (primary N) is 1. The lowest BCUT2D eigenvalue weighted by molar-refractivity contribution is 0.340. The van der Waals surface area contributed by atoms with Gasteiger partial charge < -0.3 is 10.5 Å². The molecule has 0 saturated heterocycles. The molecule has 6 heteroatoms. The Labute approximate surface area is 108 Å². The highest BCUT2D eigenvalue weighted by atomic mass is 32.2. The Kier molecular flexibility index (Phi) is 5.84. The molecule has 0 aliphatic carbocycles. The second-order valence-corrected chi connectivity index (χ2v) is 5.23. The Hall–Kier alpha value is -1.37. The molecule has 1 aromatic carbocycles. The normalized spacial score (nSPS) is 11.9. The van der Waals surface area contributed by atoms with E-state index in [0.717, 1.165) is 0 Å². The van der Waals surface area contributed by atoms with E-state index in [1.165, 1.54) is 12.1 Å². The lowest BCUT2D eigenvalue weighted by atomic mass is 10.3. The third-order valence-corrected chi connectivity index (χ3v) is 3.58. The van der Waals surface area contributed by atoms with Crippen LogP contribution in [0.5, 0.6) is 5.75 Å². The summed E-state index contributed by atoms with van der Waals surface area (Å²) in [6.45, 7) is 3.04. The molecule has 0 aliphatic rings. The van der Waals surface area contributed by atoms with Gasteiger partial charge in [0.05, 0.1) is 11.5 Å². The molecule has 100 valence electrons. The fourth-order valence-corrected chi connectivity index (χ4v) is 2.28. The summed E-state index contributed by atoms with van der Waals surface area (Å²) in [6, 6.07) is 6.29. The van der Waals surface area contributed by atoms with Gasteiger partial charge in [0.15, 0.2) is 0 Å². The van der Waals surface area contributed by atoms with Crippen LogP contribution in [-0.2, 0) is 10.0 Å². The summed E-state index contributed by atoms with van der Waals surface area (Å²) in [7, 11) is -3.47. The van der Waals surface area contributed by atoms with Crippen molar-refractivity contribution in [3.8, 4) is 5.75 Å². The van der Waals surface area contributed by atoms with Gasteiger partial charge in [-0.1, -0.05) is 12.2 Å². The number of ether oxygens (including phenoxy) is 1. The van der Waals surface area contributed by atoms with Crippen LogP contribution in [-0.4, -0.2) is 28.1 Å². The van der Waals surface area contributed by atoms with Crippen LogP contribution in [0.15, 0.2) is 41.3 Å². The van der Waals surface area contributed by atoms with Crippen molar-refractivity contribution in [1.82, 2.24) is 4.72 Å². The van der Waals surface area contributed by atoms with Crippen molar-refractivity contribution in [3.63, 3.8) is 0 Å². The molecule has 0 aromatic heterocycles. The smallest absolute Gasteiger partial charge is 0.240 e. The van der Waals surface area contributed by atoms with E-state index in [0.29, 0.717) is 18.9 Å². The Morgan fingerprint density at radius 1 is 1.28 bits per heavy atom. The molecule has 0 aliphatic heterocycles. The third kappa shape index (κ3) is 4.48. The van der Waals surface area contributed by atoms with E-state index in [4.69, 9.17) is 10.5 Å². The molecule has 0 saturated carbocycles. The van der Waals surface area contributed by atoms with E-state index >= 15 is 0 Å². The molecular weight excluding hydrogens is 252 g/mol. The van der Waals surface area contributed by atoms with Gasteiger partial charge in [-0.25, -0.2) is 13.1 Å². The lowest BCUT2D eigenvalue weighted by Gasteiger charge is -2.06. The van der Waals surface area contributed by atoms with Gasteiger partial charge in [-0.05, 0) is 31.2 Å². The molecule has 0 spiro atoms. The Bertz CT molecular complexity index is 481. The molecule has 3 N–H and O–H groups in total. The maximum atomic E-state index is 11.8. The largest absolute Gasteiger partial charge is 0.494 e. The summed E-state index contributed by atoms with van der Waals surface area (Å²) in [5.41, 5.74) is 5.26. The molecule has 5 nitrogen and oxygen atoms in total. The van der Waals surface area contributed by atoms with Crippen molar-refractivity contribution in [2.24, 2.45) is 5.73 Å². The van der Waals surface area contributed by atoms with Crippen LogP contribution in [0.3, 0.4) is 0 Å². The summed E-state index contributed by atoms with van der Waals surface area (Å²) >= 11 is 0. The first-order chi connectivity index (χ1) is 8.60. The van der Waals surface area contributed by atoms with Gasteiger partial charge in [-0.2, -0.15) is 0 Å². The van der Waals surface area contributed by atoms with Crippen molar-refractivity contribution in [2.75, 3.05) is 19.7 Å². The van der Waals surface area contributed by atoms with Crippen LogP contribution < -0.4 is 15.2 Å². The van der Waals surface area contributed by atoms with Crippen LogP contribution in [0.25, 0.3) is 0 Å². The summed E-state index contributed by atoms with van der Waals surface area (Å²) < 4.78 is 31.4. The van der Waals surface area contributed by atoms with Gasteiger partial charge in [0.1, 0.15) is 5.75 Å². The fraction of sp³-hybridized carbons (Fsp3) is 0.333. The summed E-state index contributed by atoms with van der Waals surface area (Å²) in [4.78, 5) is 0.215. The van der Waals surface area contributed by atoms with Gasteiger partial charge in [0, 0.05) is 13.1 Å². The molecule has 0 unspecified atom stereocenters. The number of sulfonamides is 1. The Balaban J connectivity index is 2.69. The van der Waals surface area contributed by atoms with Gasteiger partial charge in [-0.3, -0.25) is 0 Å². The van der Waals surface area contributed by atoms with E-state index in [2.05, 4.69) is 4.72 Å². The maximum absolute atomic E-state index is 11.8. The zero-order chi connectivity index (χ0) is 13.4. The molecule has 0 atom stereocenters. The average molecular weight is 270 g/mol. The first-order valence-corrected chi connectivity index (χ1v) is 7.16. The number of hydrogen-bond acceptors (Lipinski definition) is 4. The van der Waals surface area contributed by atoms with Gasteiger partial charge in [0.2, 0.25) is 10.0 Å². The maximum Gasteiger partial charge on any atom is 0.240 e. The van der Waals surface area contributed by atoms with Crippen LogP contribution in [0.1, 0.15) is 6.92 Å². The molecular formula is C12H18N2O3S. The van der Waals surface area contributed by atoms with Crippen molar-refractivity contribution in [3.05, 3.63) is 36.4 Å². The second kappa shape index (κ2) is 7.15. The number of benzene rings is 1. The fourth-order valence-electron chi connectivity index (χ4n) is 1.30. The van der Waals surface area contributed by atoms with Crippen molar-refractivity contribution in [1.29, 1.82) is 0 Å². The van der Waals surface area contributed by atoms with E-state index in [1.54, 1.807) is 24.3 Å². The van der Waals surface area contributed by atoms with E-state index < -0.39 is 10.0 Å². The minimum atomic E-state index is -3.47. The summed E-state index contributed by atoms with van der Waals surface area (Å²) in [5, 5.41) is 0. The predicted molar refractivity (Wildman–Crippen MR) is 71.0 cm³/mol. The zero-order valence-corrected chi connectivity index (χ0v) is 11.1. The highest BCUT2D eigenvalue weighted by molar-refractivity contribution is 7.89. The zero-order valence-electron chi connectivity index (χ0n) is 10.3. The van der Waals surface area contributed by atoms with Crippen LogP contribution in [0, 0.1) is 0 Å². The van der Waals surface area contributed by atoms with Crippen molar-refractivity contribution < 1.29 is 13.2 Å². The monoisotopic (exact) mass is 270 g/mol. The number of nitrogens with one attached hydrogen (secondary N) is 1. The molecule has 1 rings (SSSR count). The Morgan fingerprint density at radius 2 is 1.94 bits per heavy atom.